The Labute approximate surface area is 119 Å². The number of hydrogen-bond donors (Lipinski definition) is 0. The Balaban J connectivity index is -0.0000000731. The number of rotatable bonds is 6. The van der Waals surface area contributed by atoms with Crippen molar-refractivity contribution in [2.45, 2.75) is 92.9 Å². The van der Waals surface area contributed by atoms with Gasteiger partial charge in [-0.05, 0) is 12.8 Å². The molecule has 0 aliphatic heterocycles. The van der Waals surface area contributed by atoms with E-state index in [0.717, 1.165) is 12.8 Å². The van der Waals surface area contributed by atoms with Gasteiger partial charge in [-0.25, -0.2) is 0 Å². The highest BCUT2D eigenvalue weighted by atomic mass is 13.7. The van der Waals surface area contributed by atoms with E-state index in [2.05, 4.69) is 54.7 Å². The topological polar surface area (TPSA) is 0 Å². The van der Waals surface area contributed by atoms with Gasteiger partial charge in [0.1, 0.15) is 0 Å². The minimum atomic E-state index is 1.08. The molecule has 0 aromatic rings. The molecule has 0 saturated carbocycles. The Kier molecular flexibility index (Phi) is 63.8. The van der Waals surface area contributed by atoms with Crippen LogP contribution in [0.15, 0.2) is 25.3 Å². The molecule has 0 N–H and O–H groups in total. The van der Waals surface area contributed by atoms with Gasteiger partial charge in [0.05, 0.1) is 0 Å². The van der Waals surface area contributed by atoms with E-state index in [4.69, 9.17) is 0 Å². The fraction of sp³-hybridized carbons (Fsp3) is 0.778. The van der Waals surface area contributed by atoms with Crippen LogP contribution in [-0.2, 0) is 0 Å². The van der Waals surface area contributed by atoms with Crippen LogP contribution in [0.3, 0.4) is 0 Å². The quantitative estimate of drug-likeness (QED) is 0.430. The van der Waals surface area contributed by atoms with Crippen LogP contribution in [0.4, 0.5) is 0 Å². The summed E-state index contributed by atoms with van der Waals surface area (Å²) in [5.74, 6) is 0. The lowest BCUT2D eigenvalue weighted by Gasteiger charge is -1.79. The maximum absolute atomic E-state index is 3.55. The maximum atomic E-state index is 3.55. The summed E-state index contributed by atoms with van der Waals surface area (Å²) in [5.41, 5.74) is 0. The van der Waals surface area contributed by atoms with E-state index in [1.54, 1.807) is 0 Å². The summed E-state index contributed by atoms with van der Waals surface area (Å²) >= 11 is 0. The van der Waals surface area contributed by atoms with Crippen LogP contribution in [0, 0.1) is 0 Å². The highest BCUT2D eigenvalue weighted by molar-refractivity contribution is 4.63. The predicted octanol–water partition coefficient (Wildman–Crippen LogP) is 7.56. The summed E-state index contributed by atoms with van der Waals surface area (Å²) in [5, 5.41) is 0. The fourth-order valence-corrected chi connectivity index (χ4v) is 0.558. The highest BCUT2D eigenvalue weighted by Crippen LogP contribution is 1.88. The van der Waals surface area contributed by atoms with Gasteiger partial charge in [-0.2, -0.15) is 0 Å². The third-order valence-corrected chi connectivity index (χ3v) is 1.99. The second kappa shape index (κ2) is 43.9. The average Bonchev–Trinajstić information content (AvgIpc) is 2.42. The smallest absolute Gasteiger partial charge is 0.0356 e. The molecule has 0 aliphatic rings. The highest BCUT2D eigenvalue weighted by Gasteiger charge is 1.68. The molecule has 0 rings (SSSR count). The molecule has 0 fully saturated rings. The molecule has 0 bridgehead atoms. The molecule has 0 amide bonds. The van der Waals surface area contributed by atoms with Crippen LogP contribution in [0.25, 0.3) is 0 Å². The zero-order chi connectivity index (χ0) is 15.1. The third-order valence-electron chi connectivity index (χ3n) is 1.99. The average molecular weight is 257 g/mol. The minimum Gasteiger partial charge on any atom is -0.103 e. The lowest BCUT2D eigenvalue weighted by atomic mass is 10.3. The van der Waals surface area contributed by atoms with Crippen molar-refractivity contribution in [3.8, 4) is 0 Å². The summed E-state index contributed by atoms with van der Waals surface area (Å²) in [6.07, 6.45) is 14.0. The molecular weight excluding hydrogens is 216 g/mol. The van der Waals surface area contributed by atoms with Gasteiger partial charge in [0.25, 0.3) is 0 Å². The molecule has 0 radical (unpaired) electrons. The zero-order valence-electron chi connectivity index (χ0n) is 14.2. The van der Waals surface area contributed by atoms with Crippen LogP contribution in [0.2, 0.25) is 0 Å². The van der Waals surface area contributed by atoms with Crippen LogP contribution < -0.4 is 0 Å². The van der Waals surface area contributed by atoms with Gasteiger partial charge in [-0.1, -0.05) is 92.2 Å². The monoisotopic (exact) mass is 256 g/mol. The molecule has 0 aromatic heterocycles. The molecule has 0 saturated heterocycles. The molecule has 0 atom stereocenters. The summed E-state index contributed by atoms with van der Waals surface area (Å²) in [7, 11) is 0. The van der Waals surface area contributed by atoms with E-state index in [1.165, 1.54) is 38.5 Å². The minimum absolute atomic E-state index is 1.08. The van der Waals surface area contributed by atoms with Gasteiger partial charge in [-0.3, -0.25) is 0 Å². The lowest BCUT2D eigenvalue weighted by molar-refractivity contribution is 0.772. The van der Waals surface area contributed by atoms with Crippen molar-refractivity contribution < 1.29 is 0 Å². The Bertz CT molecular complexity index is 98.6. The third kappa shape index (κ3) is 108. The van der Waals surface area contributed by atoms with E-state index in [-0.39, 0.29) is 0 Å². The molecule has 112 valence electrons. The van der Waals surface area contributed by atoms with E-state index in [0.29, 0.717) is 0 Å². The first-order chi connectivity index (χ1) is 8.66. The van der Waals surface area contributed by atoms with E-state index in [1.807, 2.05) is 12.2 Å². The summed E-state index contributed by atoms with van der Waals surface area (Å²) in [6, 6.07) is 0. The Morgan fingerprint density at radius 1 is 0.611 bits per heavy atom. The molecule has 0 unspecified atom stereocenters. The van der Waals surface area contributed by atoms with E-state index in [9.17, 15) is 0 Å². The largest absolute Gasteiger partial charge is 0.103 e. The van der Waals surface area contributed by atoms with Crippen LogP contribution in [0.1, 0.15) is 92.9 Å². The fourth-order valence-electron chi connectivity index (χ4n) is 0.558. The Morgan fingerprint density at radius 3 is 1.00 bits per heavy atom. The summed E-state index contributed by atoms with van der Waals surface area (Å²) < 4.78 is 0. The van der Waals surface area contributed by atoms with Crippen molar-refractivity contribution in [3.63, 3.8) is 0 Å². The first-order valence-electron chi connectivity index (χ1n) is 7.88. The molecule has 0 heteroatoms. The van der Waals surface area contributed by atoms with E-state index < -0.39 is 0 Å². The van der Waals surface area contributed by atoms with Crippen molar-refractivity contribution in [3.05, 3.63) is 25.3 Å². The first kappa shape index (κ1) is 26.1. The van der Waals surface area contributed by atoms with Gasteiger partial charge >= 0.3 is 0 Å². The molecular formula is C18H40. The van der Waals surface area contributed by atoms with Gasteiger partial charge in [0.2, 0.25) is 0 Å². The predicted molar refractivity (Wildman–Crippen MR) is 91.4 cm³/mol. The SMILES string of the molecule is C=CCC.C=CCCC.CCCC.CCCCC. The van der Waals surface area contributed by atoms with Gasteiger partial charge in [-0.15, -0.1) is 13.2 Å². The second-order valence-corrected chi connectivity index (χ2v) is 4.13. The number of allylic oxidation sites excluding steroid dienone is 2. The molecule has 0 nitrogen and oxygen atoms in total. The van der Waals surface area contributed by atoms with Gasteiger partial charge in [0, 0.05) is 0 Å². The standard InChI is InChI=1S/C5H12.C5H10.C4H10.C4H8/c2*1-3-5-4-2;2*1-3-4-2/h3-5H2,1-2H3;3H,1,4-5H2,2H3;3-4H2,1-2H3;3H,1,4H2,2H3. The van der Waals surface area contributed by atoms with Crippen LogP contribution >= 0.6 is 0 Å². The van der Waals surface area contributed by atoms with Crippen LogP contribution in [-0.4, -0.2) is 0 Å². The number of unbranched alkanes of at least 4 members (excludes halogenated alkanes) is 4. The lowest BCUT2D eigenvalue weighted by Crippen LogP contribution is -1.59. The van der Waals surface area contributed by atoms with Gasteiger partial charge < -0.3 is 0 Å². The Hall–Kier alpha value is -0.520. The summed E-state index contributed by atoms with van der Waals surface area (Å²) in [6.45, 7) is 20.0. The van der Waals surface area contributed by atoms with Crippen molar-refractivity contribution in [1.82, 2.24) is 0 Å². The van der Waals surface area contributed by atoms with Gasteiger partial charge in [0.15, 0.2) is 0 Å². The Morgan fingerprint density at radius 2 is 1.00 bits per heavy atom. The van der Waals surface area contributed by atoms with Crippen molar-refractivity contribution in [2.75, 3.05) is 0 Å². The molecule has 0 aromatic carbocycles. The zero-order valence-corrected chi connectivity index (χ0v) is 14.2. The van der Waals surface area contributed by atoms with Crippen molar-refractivity contribution in [2.24, 2.45) is 0 Å². The van der Waals surface area contributed by atoms with E-state index >= 15 is 0 Å². The maximum Gasteiger partial charge on any atom is -0.0356 e. The molecule has 18 heavy (non-hydrogen) atoms. The molecule has 0 spiro atoms. The molecule has 0 aliphatic carbocycles. The second-order valence-electron chi connectivity index (χ2n) is 4.13. The normalized spacial score (nSPS) is 7.44. The van der Waals surface area contributed by atoms with Crippen molar-refractivity contribution >= 4 is 0 Å². The molecule has 0 heterocycles. The first-order valence-corrected chi connectivity index (χ1v) is 7.88. The van der Waals surface area contributed by atoms with Crippen molar-refractivity contribution in [1.29, 1.82) is 0 Å². The van der Waals surface area contributed by atoms with Crippen LogP contribution in [0.5, 0.6) is 0 Å². The summed E-state index contributed by atoms with van der Waals surface area (Å²) in [4.78, 5) is 0. The number of hydrogen-bond acceptors (Lipinski definition) is 0.